The second-order valence-electron chi connectivity index (χ2n) is 8.63. The minimum atomic E-state index is -4.84. The average Bonchev–Trinajstić information content (AvgIpc) is 2.99. The van der Waals surface area contributed by atoms with Crippen molar-refractivity contribution in [2.75, 3.05) is 35.6 Å². The zero-order valence-corrected chi connectivity index (χ0v) is 19.5. The van der Waals surface area contributed by atoms with Gasteiger partial charge in [0.1, 0.15) is 22.1 Å². The first-order valence-electron chi connectivity index (χ1n) is 10.9. The second kappa shape index (κ2) is 8.53. The molecule has 1 fully saturated rings. The molecule has 1 amide bonds. The number of aromatic nitrogens is 1. The first kappa shape index (κ1) is 23.4. The number of benzene rings is 1. The highest BCUT2D eigenvalue weighted by molar-refractivity contribution is 7.86. The molecule has 1 unspecified atom stereocenters. The standard InChI is InChI=1S/C22H27F2N5O3S/c1-4-25-17-10-14(23)9-16-20(17)28-21(30)22(16,3)29-7-5-6-15(12-29)27-19-8-13(2)18(11-26-19)33(24,31)32/h8-11,15,25H,4-7,12H2,1-3H3,(H,26,27)(H,28,30)/t15?,22-/m1/s1. The molecule has 4 rings (SSSR count). The zero-order chi connectivity index (χ0) is 24.0. The number of fused-ring (bicyclic) bond motifs is 1. The Morgan fingerprint density at radius 3 is 2.76 bits per heavy atom. The molecule has 0 saturated carbocycles. The highest BCUT2D eigenvalue weighted by Gasteiger charge is 2.49. The van der Waals surface area contributed by atoms with Crippen molar-refractivity contribution in [3.05, 3.63) is 41.3 Å². The molecule has 1 aromatic carbocycles. The van der Waals surface area contributed by atoms with Crippen LogP contribution in [-0.2, 0) is 20.6 Å². The van der Waals surface area contributed by atoms with Gasteiger partial charge in [-0.15, -0.1) is 3.89 Å². The summed E-state index contributed by atoms with van der Waals surface area (Å²) >= 11 is 0. The number of piperidine rings is 1. The molecule has 33 heavy (non-hydrogen) atoms. The SMILES string of the molecule is CCNc1cc(F)cc2c1NC(=O)[C@]2(C)N1CCCC(Nc2cc(C)c(S(=O)(=O)F)cn2)C1. The fraction of sp³-hybridized carbons (Fsp3) is 0.455. The third kappa shape index (κ3) is 4.26. The van der Waals surface area contributed by atoms with E-state index in [1.807, 2.05) is 11.8 Å². The maximum Gasteiger partial charge on any atom is 0.333 e. The maximum atomic E-state index is 14.4. The Labute approximate surface area is 192 Å². The number of likely N-dealkylation sites (tertiary alicyclic amines) is 1. The summed E-state index contributed by atoms with van der Waals surface area (Å²) in [5.74, 6) is -0.204. The van der Waals surface area contributed by atoms with Crippen molar-refractivity contribution in [3.63, 3.8) is 0 Å². The summed E-state index contributed by atoms with van der Waals surface area (Å²) < 4.78 is 50.1. The number of carbonyl (C=O) groups excluding carboxylic acids is 1. The van der Waals surface area contributed by atoms with Crippen molar-refractivity contribution in [3.8, 4) is 0 Å². The molecule has 0 aliphatic carbocycles. The summed E-state index contributed by atoms with van der Waals surface area (Å²) in [6, 6.07) is 4.19. The van der Waals surface area contributed by atoms with Gasteiger partial charge in [0.25, 0.3) is 0 Å². The molecule has 178 valence electrons. The quantitative estimate of drug-likeness (QED) is 0.546. The van der Waals surface area contributed by atoms with Gasteiger partial charge < -0.3 is 16.0 Å². The van der Waals surface area contributed by atoms with Crippen LogP contribution in [0.15, 0.2) is 29.3 Å². The highest BCUT2D eigenvalue weighted by Crippen LogP contribution is 2.45. The molecule has 3 heterocycles. The van der Waals surface area contributed by atoms with Crippen LogP contribution in [0.2, 0.25) is 0 Å². The number of carbonyl (C=O) groups is 1. The topological polar surface area (TPSA) is 103 Å². The van der Waals surface area contributed by atoms with Gasteiger partial charge in [0.2, 0.25) is 5.91 Å². The van der Waals surface area contributed by atoms with Crippen LogP contribution in [0.5, 0.6) is 0 Å². The predicted octanol–water partition coefficient (Wildman–Crippen LogP) is 3.36. The zero-order valence-electron chi connectivity index (χ0n) is 18.7. The Kier molecular flexibility index (Phi) is 6.04. The van der Waals surface area contributed by atoms with Crippen LogP contribution >= 0.6 is 0 Å². The minimum Gasteiger partial charge on any atom is -0.384 e. The van der Waals surface area contributed by atoms with Gasteiger partial charge >= 0.3 is 10.2 Å². The van der Waals surface area contributed by atoms with Crippen LogP contribution in [0.25, 0.3) is 0 Å². The Balaban J connectivity index is 1.58. The van der Waals surface area contributed by atoms with Gasteiger partial charge in [0.15, 0.2) is 0 Å². The molecule has 2 aliphatic heterocycles. The van der Waals surface area contributed by atoms with Gasteiger partial charge in [0.05, 0.1) is 17.6 Å². The normalized spacial score (nSPS) is 23.2. The van der Waals surface area contributed by atoms with Gasteiger partial charge in [0, 0.05) is 24.7 Å². The van der Waals surface area contributed by atoms with E-state index in [4.69, 9.17) is 0 Å². The first-order valence-corrected chi connectivity index (χ1v) is 12.2. The molecule has 2 aliphatic rings. The lowest BCUT2D eigenvalue weighted by Gasteiger charge is -2.42. The van der Waals surface area contributed by atoms with Crippen LogP contribution in [0.4, 0.5) is 25.5 Å². The molecular formula is C22H27F2N5O3S. The Morgan fingerprint density at radius 1 is 1.33 bits per heavy atom. The Morgan fingerprint density at radius 2 is 2.09 bits per heavy atom. The van der Waals surface area contributed by atoms with Crippen molar-refractivity contribution >= 4 is 33.3 Å². The van der Waals surface area contributed by atoms with Gasteiger partial charge in [-0.3, -0.25) is 9.69 Å². The Hall–Kier alpha value is -2.79. The molecule has 0 bridgehead atoms. The maximum absolute atomic E-state index is 14.4. The van der Waals surface area contributed by atoms with Gasteiger partial charge in [-0.05, 0) is 63.9 Å². The molecule has 2 aromatic rings. The van der Waals surface area contributed by atoms with Crippen molar-refractivity contribution in [2.45, 2.75) is 50.1 Å². The number of rotatable bonds is 6. The minimum absolute atomic E-state index is 0.0889. The number of aryl methyl sites for hydroxylation is 1. The summed E-state index contributed by atoms with van der Waals surface area (Å²) in [6.07, 6.45) is 2.60. The van der Waals surface area contributed by atoms with E-state index in [1.54, 1.807) is 6.92 Å². The number of nitrogens with zero attached hydrogens (tertiary/aromatic N) is 2. The molecule has 3 N–H and O–H groups in total. The van der Waals surface area contributed by atoms with Gasteiger partial charge in [-0.2, -0.15) is 8.42 Å². The monoisotopic (exact) mass is 479 g/mol. The van der Waals surface area contributed by atoms with Crippen LogP contribution in [0, 0.1) is 12.7 Å². The third-order valence-electron chi connectivity index (χ3n) is 6.41. The van der Waals surface area contributed by atoms with Crippen molar-refractivity contribution < 1.29 is 21.5 Å². The van der Waals surface area contributed by atoms with Crippen LogP contribution < -0.4 is 16.0 Å². The van der Waals surface area contributed by atoms with E-state index in [0.29, 0.717) is 42.4 Å². The number of pyridine rings is 1. The van der Waals surface area contributed by atoms with E-state index in [1.165, 1.54) is 25.1 Å². The fourth-order valence-electron chi connectivity index (χ4n) is 4.71. The highest BCUT2D eigenvalue weighted by atomic mass is 32.3. The Bertz CT molecular complexity index is 1210. The predicted molar refractivity (Wildman–Crippen MR) is 122 cm³/mol. The smallest absolute Gasteiger partial charge is 0.333 e. The summed E-state index contributed by atoms with van der Waals surface area (Å²) in [5, 5.41) is 9.30. The molecule has 1 aromatic heterocycles. The van der Waals surface area contributed by atoms with Crippen molar-refractivity contribution in [1.82, 2.24) is 9.88 Å². The van der Waals surface area contributed by atoms with E-state index in [2.05, 4.69) is 20.9 Å². The largest absolute Gasteiger partial charge is 0.384 e. The summed E-state index contributed by atoms with van der Waals surface area (Å²) in [6.45, 7) is 6.94. The molecular weight excluding hydrogens is 452 g/mol. The van der Waals surface area contributed by atoms with Crippen molar-refractivity contribution in [1.29, 1.82) is 0 Å². The number of nitrogens with one attached hydrogen (secondary N) is 3. The van der Waals surface area contributed by atoms with Crippen molar-refractivity contribution in [2.24, 2.45) is 0 Å². The van der Waals surface area contributed by atoms with Gasteiger partial charge in [-0.25, -0.2) is 9.37 Å². The van der Waals surface area contributed by atoms with E-state index in [0.717, 1.165) is 19.0 Å². The molecule has 1 saturated heterocycles. The number of hydrogen-bond donors (Lipinski definition) is 3. The number of anilines is 3. The molecule has 8 nitrogen and oxygen atoms in total. The van der Waals surface area contributed by atoms with E-state index < -0.39 is 26.5 Å². The molecule has 11 heteroatoms. The van der Waals surface area contributed by atoms with Crippen LogP contribution in [0.1, 0.15) is 37.8 Å². The number of halogens is 2. The van der Waals surface area contributed by atoms with E-state index in [9.17, 15) is 21.5 Å². The van der Waals surface area contributed by atoms with Crippen LogP contribution in [-0.4, -0.2) is 49.9 Å². The van der Waals surface area contributed by atoms with E-state index >= 15 is 0 Å². The molecule has 0 spiro atoms. The second-order valence-corrected chi connectivity index (χ2v) is 9.95. The molecule has 0 radical (unpaired) electrons. The summed E-state index contributed by atoms with van der Waals surface area (Å²) in [5.41, 5.74) is 0.956. The van der Waals surface area contributed by atoms with Gasteiger partial charge in [-0.1, -0.05) is 0 Å². The summed E-state index contributed by atoms with van der Waals surface area (Å²) in [4.78, 5) is 18.8. The lowest BCUT2D eigenvalue weighted by molar-refractivity contribution is -0.127. The summed E-state index contributed by atoms with van der Waals surface area (Å²) in [7, 11) is -4.84. The lowest BCUT2D eigenvalue weighted by atomic mass is 9.88. The van der Waals surface area contributed by atoms with Crippen LogP contribution in [0.3, 0.4) is 0 Å². The third-order valence-corrected chi connectivity index (χ3v) is 7.36. The average molecular weight is 480 g/mol. The number of amides is 1. The fourth-order valence-corrected chi connectivity index (χ4v) is 5.34. The number of hydrogen-bond acceptors (Lipinski definition) is 7. The first-order chi connectivity index (χ1) is 15.5. The van der Waals surface area contributed by atoms with E-state index in [-0.39, 0.29) is 17.5 Å². The molecule has 2 atom stereocenters. The lowest BCUT2D eigenvalue weighted by Crippen LogP contribution is -2.55.